The molecule has 0 radical (unpaired) electrons. The smallest absolute Gasteiger partial charge is 0.0103 e. The van der Waals surface area contributed by atoms with Crippen molar-refractivity contribution in [2.45, 2.75) is 41.5 Å². The molecule has 0 aromatic heterocycles. The molecule has 18 aromatic rings. The third-order valence-electron chi connectivity index (χ3n) is 18.9. The van der Waals surface area contributed by atoms with E-state index in [1.54, 1.807) is 0 Å². The fourth-order valence-electron chi connectivity index (χ4n) is 13.3. The lowest BCUT2D eigenvalue weighted by Gasteiger charge is -2.09. The first-order valence-electron chi connectivity index (χ1n) is 35.3. The van der Waals surface area contributed by atoms with E-state index in [-0.39, 0.29) is 0 Å². The van der Waals surface area contributed by atoms with Gasteiger partial charge >= 0.3 is 0 Å². The van der Waals surface area contributed by atoms with E-state index < -0.39 is 0 Å². The zero-order chi connectivity index (χ0) is 70.0. The Balaban J connectivity index is 0.000000109. The molecule has 0 atom stereocenters. The van der Waals surface area contributed by atoms with E-state index in [1.807, 2.05) is 6.07 Å². The Morgan fingerprint density at radius 1 is 0.127 bits per heavy atom. The standard InChI is InChI=1S/6C17H14/c1-13-6-2-5-9-17(13)16-11-10-14-7-3-4-8-15(14)12-16;1-13-5-4-8-15(11-13)17-10-9-14-6-2-3-7-16(14)12-17;1-13-11-12-16(14-7-3-2-4-8-14)17-10-6-5-9-15(13)17;1-13-10-11-17-15(12-13)8-5-9-16(17)14-6-3-2-4-7-14;1-13-6-8-15(9-7-13)17-11-10-14-4-2-3-5-16(14)12-17;1-13-7-8-17-12-16(10-9-15(17)11-13)14-5-3-2-4-6-14/h6*2-12H,1H3. The SMILES string of the molecule is Cc1ccc(-c2ccc3ccccc3c2)cc1.Cc1ccc(-c2ccccc2)c2ccccc12.Cc1ccc2c(-c3ccccc3)cccc2c1.Cc1ccc2cc(-c3ccccc3)ccc2c1.Cc1cccc(-c2ccc3ccccc3c2)c1.Cc1ccccc1-c1ccc2ccccc2c1. The van der Waals surface area contributed by atoms with Crippen LogP contribution in [0.25, 0.3) is 131 Å². The Labute approximate surface area is 602 Å². The lowest BCUT2D eigenvalue weighted by Crippen LogP contribution is -1.83. The van der Waals surface area contributed by atoms with Crippen molar-refractivity contribution in [3.8, 4) is 66.8 Å². The highest BCUT2D eigenvalue weighted by atomic mass is 14.1. The van der Waals surface area contributed by atoms with Gasteiger partial charge in [-0.25, -0.2) is 0 Å². The second kappa shape index (κ2) is 32.9. The first-order chi connectivity index (χ1) is 50.0. The summed E-state index contributed by atoms with van der Waals surface area (Å²) in [7, 11) is 0. The second-order valence-corrected chi connectivity index (χ2v) is 26.4. The molecule has 0 unspecified atom stereocenters. The van der Waals surface area contributed by atoms with Crippen LogP contribution >= 0.6 is 0 Å². The summed E-state index contributed by atoms with van der Waals surface area (Å²) in [5, 5.41) is 15.7. The van der Waals surface area contributed by atoms with Crippen molar-refractivity contribution in [1.29, 1.82) is 0 Å². The van der Waals surface area contributed by atoms with E-state index in [0.717, 1.165) is 0 Å². The molecule has 0 aliphatic rings. The van der Waals surface area contributed by atoms with Gasteiger partial charge in [-0.15, -0.1) is 0 Å². The molecule has 0 heteroatoms. The molecule has 0 aliphatic carbocycles. The van der Waals surface area contributed by atoms with Crippen LogP contribution in [0.15, 0.2) is 400 Å². The Kier molecular flexibility index (Phi) is 22.0. The summed E-state index contributed by atoms with van der Waals surface area (Å²) in [5.74, 6) is 0. The molecule has 0 aliphatic heterocycles. The maximum Gasteiger partial charge on any atom is -0.0103 e. The largest absolute Gasteiger partial charge is 0.0622 e. The molecule has 0 heterocycles. The molecular weight excluding hydrogens is 1230 g/mol. The summed E-state index contributed by atoms with van der Waals surface area (Å²) < 4.78 is 0. The molecule has 0 bridgehead atoms. The minimum Gasteiger partial charge on any atom is -0.0622 e. The van der Waals surface area contributed by atoms with Crippen molar-refractivity contribution in [3.63, 3.8) is 0 Å². The van der Waals surface area contributed by atoms with E-state index in [1.165, 1.54) is 165 Å². The first-order valence-corrected chi connectivity index (χ1v) is 35.3. The molecule has 0 amide bonds. The first kappa shape index (κ1) is 68.1. The third-order valence-corrected chi connectivity index (χ3v) is 18.9. The number of benzene rings is 18. The van der Waals surface area contributed by atoms with Gasteiger partial charge in [-0.1, -0.05) is 398 Å². The normalized spacial score (nSPS) is 10.6. The number of rotatable bonds is 6. The van der Waals surface area contributed by atoms with Gasteiger partial charge in [-0.2, -0.15) is 0 Å². The van der Waals surface area contributed by atoms with E-state index in [4.69, 9.17) is 0 Å². The van der Waals surface area contributed by atoms with E-state index >= 15 is 0 Å². The number of hydrogen-bond acceptors (Lipinski definition) is 0. The van der Waals surface area contributed by atoms with Gasteiger partial charge in [0, 0.05) is 0 Å². The van der Waals surface area contributed by atoms with Crippen LogP contribution < -0.4 is 0 Å². The lowest BCUT2D eigenvalue weighted by molar-refractivity contribution is 1.46. The van der Waals surface area contributed by atoms with Crippen LogP contribution in [0.1, 0.15) is 33.4 Å². The molecule has 18 rings (SSSR count). The number of hydrogen-bond donors (Lipinski definition) is 0. The van der Waals surface area contributed by atoms with Gasteiger partial charge < -0.3 is 0 Å². The molecule has 0 fully saturated rings. The predicted octanol–water partition coefficient (Wildman–Crippen LogP) is 28.9. The average Bonchev–Trinajstić information content (AvgIpc) is 0.820. The number of aryl methyl sites for hydroxylation is 6. The molecule has 0 saturated heterocycles. The van der Waals surface area contributed by atoms with Crippen LogP contribution in [0.5, 0.6) is 0 Å². The van der Waals surface area contributed by atoms with Crippen LogP contribution in [0.4, 0.5) is 0 Å². The van der Waals surface area contributed by atoms with Gasteiger partial charge in [0.2, 0.25) is 0 Å². The zero-order valence-corrected chi connectivity index (χ0v) is 59.1. The Bertz CT molecular complexity index is 5810. The summed E-state index contributed by atoms with van der Waals surface area (Å²) in [6.45, 7) is 12.8. The van der Waals surface area contributed by atoms with Crippen molar-refractivity contribution >= 4 is 64.6 Å². The molecular formula is C102H84. The summed E-state index contributed by atoms with van der Waals surface area (Å²) in [6, 6.07) is 142. The summed E-state index contributed by atoms with van der Waals surface area (Å²) in [4.78, 5) is 0. The fourth-order valence-corrected chi connectivity index (χ4v) is 13.3. The Morgan fingerprint density at radius 2 is 0.461 bits per heavy atom. The highest BCUT2D eigenvalue weighted by Crippen LogP contribution is 2.34. The molecule has 0 saturated carbocycles. The minimum atomic E-state index is 1.27. The van der Waals surface area contributed by atoms with Gasteiger partial charge in [-0.05, 0) is 208 Å². The van der Waals surface area contributed by atoms with E-state index in [2.05, 4.69) is 436 Å². The Hall–Kier alpha value is -12.5. The van der Waals surface area contributed by atoms with Crippen LogP contribution in [0.2, 0.25) is 0 Å². The monoisotopic (exact) mass is 1310 g/mol. The highest BCUT2D eigenvalue weighted by Gasteiger charge is 2.08. The topological polar surface area (TPSA) is 0 Å². The Morgan fingerprint density at radius 3 is 1.03 bits per heavy atom. The van der Waals surface area contributed by atoms with Crippen molar-refractivity contribution in [2.75, 3.05) is 0 Å². The van der Waals surface area contributed by atoms with Crippen molar-refractivity contribution in [1.82, 2.24) is 0 Å². The van der Waals surface area contributed by atoms with Gasteiger partial charge in [0.05, 0.1) is 0 Å². The highest BCUT2D eigenvalue weighted by molar-refractivity contribution is 5.99. The maximum atomic E-state index is 2.26. The van der Waals surface area contributed by atoms with Crippen molar-refractivity contribution in [2.24, 2.45) is 0 Å². The fraction of sp³-hybridized carbons (Fsp3) is 0.0588. The lowest BCUT2D eigenvalue weighted by atomic mass is 9.96. The van der Waals surface area contributed by atoms with Gasteiger partial charge in [0.15, 0.2) is 0 Å². The second-order valence-electron chi connectivity index (χ2n) is 26.4. The van der Waals surface area contributed by atoms with Gasteiger partial charge in [0.1, 0.15) is 0 Å². The van der Waals surface area contributed by atoms with Crippen LogP contribution in [-0.2, 0) is 0 Å². The predicted molar refractivity (Wildman–Crippen MR) is 445 cm³/mol. The average molecular weight is 1310 g/mol. The summed E-state index contributed by atoms with van der Waals surface area (Å²) in [6.07, 6.45) is 0. The van der Waals surface area contributed by atoms with Crippen LogP contribution in [0.3, 0.4) is 0 Å². The minimum absolute atomic E-state index is 1.27. The van der Waals surface area contributed by atoms with Crippen molar-refractivity contribution < 1.29 is 0 Å². The molecule has 0 N–H and O–H groups in total. The summed E-state index contributed by atoms with van der Waals surface area (Å²) in [5.41, 5.74) is 23.4. The number of fused-ring (bicyclic) bond motifs is 6. The maximum absolute atomic E-state index is 2.26. The molecule has 0 spiro atoms. The summed E-state index contributed by atoms with van der Waals surface area (Å²) >= 11 is 0. The van der Waals surface area contributed by atoms with Crippen molar-refractivity contribution in [3.05, 3.63) is 434 Å². The quantitative estimate of drug-likeness (QED) is 0.156. The zero-order valence-electron chi connectivity index (χ0n) is 59.1. The molecule has 18 aromatic carbocycles. The third kappa shape index (κ3) is 17.1. The molecule has 492 valence electrons. The van der Waals surface area contributed by atoms with Crippen LogP contribution in [0, 0.1) is 41.5 Å². The van der Waals surface area contributed by atoms with E-state index in [0.29, 0.717) is 0 Å². The van der Waals surface area contributed by atoms with E-state index in [9.17, 15) is 0 Å². The molecule has 102 heavy (non-hydrogen) atoms. The van der Waals surface area contributed by atoms with Crippen LogP contribution in [-0.4, -0.2) is 0 Å². The molecule has 0 nitrogen and oxygen atoms in total. The van der Waals surface area contributed by atoms with Gasteiger partial charge in [-0.3, -0.25) is 0 Å². The van der Waals surface area contributed by atoms with Gasteiger partial charge in [0.25, 0.3) is 0 Å².